The van der Waals surface area contributed by atoms with Crippen molar-refractivity contribution in [3.63, 3.8) is 0 Å². The summed E-state index contributed by atoms with van der Waals surface area (Å²) in [6.45, 7) is 3.88. The number of ether oxygens (including phenoxy) is 1. The summed E-state index contributed by atoms with van der Waals surface area (Å²) in [5.41, 5.74) is 2.08. The number of rotatable bonds is 5. The number of aryl methyl sites for hydroxylation is 2. The van der Waals surface area contributed by atoms with Crippen LogP contribution < -0.4 is 10.1 Å². The van der Waals surface area contributed by atoms with E-state index in [4.69, 9.17) is 9.26 Å². The largest absolute Gasteiger partial charge is 0.489 e. The van der Waals surface area contributed by atoms with E-state index < -0.39 is 17.5 Å². The van der Waals surface area contributed by atoms with Gasteiger partial charge in [0.05, 0.1) is 11.3 Å². The van der Waals surface area contributed by atoms with Gasteiger partial charge in [-0.25, -0.2) is 8.78 Å². The Kier molecular flexibility index (Phi) is 4.97. The van der Waals surface area contributed by atoms with E-state index >= 15 is 0 Å². The molecular weight excluding hydrogens is 342 g/mol. The fourth-order valence-corrected chi connectivity index (χ4v) is 2.37. The van der Waals surface area contributed by atoms with Gasteiger partial charge in [-0.05, 0) is 44.2 Å². The summed E-state index contributed by atoms with van der Waals surface area (Å²) in [5, 5.41) is 6.37. The number of carbonyl (C=O) groups excluding carboxylic acids is 1. The third kappa shape index (κ3) is 3.88. The first-order valence-corrected chi connectivity index (χ1v) is 7.85. The molecule has 0 saturated heterocycles. The number of aromatic nitrogens is 1. The molecule has 0 aliphatic carbocycles. The number of nitrogens with one attached hydrogen (secondary N) is 1. The Morgan fingerprint density at radius 1 is 1.15 bits per heavy atom. The highest BCUT2D eigenvalue weighted by atomic mass is 19.2. The van der Waals surface area contributed by atoms with Gasteiger partial charge in [-0.15, -0.1) is 0 Å². The second-order valence-corrected chi connectivity index (χ2v) is 5.70. The molecule has 1 heterocycles. The first kappa shape index (κ1) is 17.6. The number of nitrogens with zero attached hydrogens (tertiary/aromatic N) is 1. The maximum Gasteiger partial charge on any atom is 0.255 e. The molecule has 2 aromatic carbocycles. The summed E-state index contributed by atoms with van der Waals surface area (Å²) in [7, 11) is 0. The van der Waals surface area contributed by atoms with Crippen molar-refractivity contribution >= 4 is 11.6 Å². The zero-order chi connectivity index (χ0) is 18.7. The molecule has 7 heteroatoms. The van der Waals surface area contributed by atoms with Crippen molar-refractivity contribution in [3.05, 3.63) is 76.7 Å². The summed E-state index contributed by atoms with van der Waals surface area (Å²) >= 11 is 0. The predicted octanol–water partition coefficient (Wildman–Crippen LogP) is 4.40. The van der Waals surface area contributed by atoms with Crippen molar-refractivity contribution in [1.29, 1.82) is 0 Å². The quantitative estimate of drug-likeness (QED) is 0.734. The molecule has 134 valence electrons. The van der Waals surface area contributed by atoms with Crippen LogP contribution in [0, 0.1) is 25.5 Å². The Labute approximate surface area is 148 Å². The minimum Gasteiger partial charge on any atom is -0.489 e. The number of carbonyl (C=O) groups is 1. The third-order valence-corrected chi connectivity index (χ3v) is 3.84. The van der Waals surface area contributed by atoms with Crippen LogP contribution in [0.25, 0.3) is 0 Å². The monoisotopic (exact) mass is 358 g/mol. The first-order valence-electron chi connectivity index (χ1n) is 7.85. The molecule has 1 N–H and O–H groups in total. The van der Waals surface area contributed by atoms with Crippen LogP contribution in [-0.4, -0.2) is 11.1 Å². The van der Waals surface area contributed by atoms with Crippen LogP contribution in [0.1, 0.15) is 27.4 Å². The van der Waals surface area contributed by atoms with E-state index in [1.807, 2.05) is 6.92 Å². The van der Waals surface area contributed by atoms with Crippen LogP contribution in [0.2, 0.25) is 0 Å². The molecule has 0 atom stereocenters. The molecule has 0 saturated carbocycles. The molecule has 0 radical (unpaired) electrons. The highest BCUT2D eigenvalue weighted by Crippen LogP contribution is 2.20. The standard InChI is InChI=1S/C19H16F2N2O3/c1-11-16(12(2)26-23-11)10-25-15-5-3-4-13(8-15)19(24)22-14-6-7-17(20)18(21)9-14/h3-9H,10H2,1-2H3,(H,22,24). The number of benzene rings is 2. The zero-order valence-corrected chi connectivity index (χ0v) is 14.2. The van der Waals surface area contributed by atoms with Crippen LogP contribution in [-0.2, 0) is 6.61 Å². The van der Waals surface area contributed by atoms with Gasteiger partial charge in [0, 0.05) is 17.3 Å². The van der Waals surface area contributed by atoms with Gasteiger partial charge in [0.15, 0.2) is 11.6 Å². The normalized spacial score (nSPS) is 10.6. The van der Waals surface area contributed by atoms with Crippen molar-refractivity contribution in [3.8, 4) is 5.75 Å². The Morgan fingerprint density at radius 3 is 2.65 bits per heavy atom. The fourth-order valence-electron chi connectivity index (χ4n) is 2.37. The second-order valence-electron chi connectivity index (χ2n) is 5.70. The van der Waals surface area contributed by atoms with Crippen LogP contribution >= 0.6 is 0 Å². The SMILES string of the molecule is Cc1noc(C)c1COc1cccc(C(=O)Nc2ccc(F)c(F)c2)c1. The second kappa shape index (κ2) is 7.35. The van der Waals surface area contributed by atoms with E-state index in [0.717, 1.165) is 23.4 Å². The number of hydrogen-bond donors (Lipinski definition) is 1. The maximum atomic E-state index is 13.2. The third-order valence-electron chi connectivity index (χ3n) is 3.84. The molecule has 0 aliphatic rings. The van der Waals surface area contributed by atoms with Gasteiger partial charge >= 0.3 is 0 Å². The lowest BCUT2D eigenvalue weighted by Crippen LogP contribution is -2.12. The molecule has 0 unspecified atom stereocenters. The molecule has 26 heavy (non-hydrogen) atoms. The van der Waals surface area contributed by atoms with E-state index in [2.05, 4.69) is 10.5 Å². The van der Waals surface area contributed by atoms with Crippen molar-refractivity contribution in [2.75, 3.05) is 5.32 Å². The lowest BCUT2D eigenvalue weighted by Gasteiger charge is -2.09. The summed E-state index contributed by atoms with van der Waals surface area (Å²) in [6, 6.07) is 9.70. The summed E-state index contributed by atoms with van der Waals surface area (Å²) in [5.74, 6) is -1.30. The van der Waals surface area contributed by atoms with Crippen LogP contribution in [0.5, 0.6) is 5.75 Å². The van der Waals surface area contributed by atoms with Crippen molar-refractivity contribution < 1.29 is 22.8 Å². The lowest BCUT2D eigenvalue weighted by atomic mass is 10.2. The van der Waals surface area contributed by atoms with Gasteiger partial charge in [-0.1, -0.05) is 11.2 Å². The molecule has 0 fully saturated rings. The van der Waals surface area contributed by atoms with Gasteiger partial charge in [0.2, 0.25) is 0 Å². The Bertz CT molecular complexity index is 934. The van der Waals surface area contributed by atoms with Crippen LogP contribution in [0.15, 0.2) is 47.0 Å². The van der Waals surface area contributed by atoms with E-state index in [0.29, 0.717) is 17.1 Å². The van der Waals surface area contributed by atoms with Crippen molar-refractivity contribution in [1.82, 2.24) is 5.16 Å². The molecule has 5 nitrogen and oxygen atoms in total. The molecule has 0 spiro atoms. The highest BCUT2D eigenvalue weighted by molar-refractivity contribution is 6.04. The van der Waals surface area contributed by atoms with Crippen LogP contribution in [0.4, 0.5) is 14.5 Å². The van der Waals surface area contributed by atoms with Gasteiger partial charge in [0.25, 0.3) is 5.91 Å². The molecule has 3 aromatic rings. The van der Waals surface area contributed by atoms with E-state index in [9.17, 15) is 13.6 Å². The van der Waals surface area contributed by atoms with Gasteiger partial charge in [-0.2, -0.15) is 0 Å². The van der Waals surface area contributed by atoms with E-state index in [-0.39, 0.29) is 12.3 Å². The van der Waals surface area contributed by atoms with Crippen molar-refractivity contribution in [2.45, 2.75) is 20.5 Å². The molecule has 0 bridgehead atoms. The van der Waals surface area contributed by atoms with Gasteiger partial charge < -0.3 is 14.6 Å². The van der Waals surface area contributed by atoms with E-state index in [1.54, 1.807) is 31.2 Å². The summed E-state index contributed by atoms with van der Waals surface area (Å²) in [4.78, 5) is 12.3. The minimum atomic E-state index is -1.03. The zero-order valence-electron chi connectivity index (χ0n) is 14.2. The Balaban J connectivity index is 1.70. The molecule has 1 aromatic heterocycles. The molecule has 0 aliphatic heterocycles. The number of anilines is 1. The number of halogens is 2. The minimum absolute atomic E-state index is 0.163. The average Bonchev–Trinajstić information content (AvgIpc) is 2.94. The van der Waals surface area contributed by atoms with E-state index in [1.165, 1.54) is 6.07 Å². The fraction of sp³-hybridized carbons (Fsp3) is 0.158. The molecular formula is C19H16F2N2O3. The summed E-state index contributed by atoms with van der Waals surface area (Å²) < 4.78 is 37.0. The van der Waals surface area contributed by atoms with Crippen LogP contribution in [0.3, 0.4) is 0 Å². The van der Waals surface area contributed by atoms with Crippen molar-refractivity contribution in [2.24, 2.45) is 0 Å². The molecule has 1 amide bonds. The Morgan fingerprint density at radius 2 is 1.96 bits per heavy atom. The topological polar surface area (TPSA) is 64.4 Å². The number of hydrogen-bond acceptors (Lipinski definition) is 4. The predicted molar refractivity (Wildman–Crippen MR) is 91.1 cm³/mol. The highest BCUT2D eigenvalue weighted by Gasteiger charge is 2.12. The number of amides is 1. The molecule has 3 rings (SSSR count). The smallest absolute Gasteiger partial charge is 0.255 e. The maximum absolute atomic E-state index is 13.2. The lowest BCUT2D eigenvalue weighted by molar-refractivity contribution is 0.102. The first-order chi connectivity index (χ1) is 12.4. The van der Waals surface area contributed by atoms with Gasteiger partial charge in [-0.3, -0.25) is 4.79 Å². The Hall–Kier alpha value is -3.22. The average molecular weight is 358 g/mol. The summed E-state index contributed by atoms with van der Waals surface area (Å²) in [6.07, 6.45) is 0. The van der Waals surface area contributed by atoms with Gasteiger partial charge in [0.1, 0.15) is 18.1 Å².